The topological polar surface area (TPSA) is 86.1 Å². The van der Waals surface area contributed by atoms with Gasteiger partial charge in [0.15, 0.2) is 0 Å². The third-order valence-corrected chi connectivity index (χ3v) is 2.13. The summed E-state index contributed by atoms with van der Waals surface area (Å²) in [6.45, 7) is 0.199. The molecule has 0 amide bonds. The van der Waals surface area contributed by atoms with E-state index in [0.29, 0.717) is 10.6 Å². The highest BCUT2D eigenvalue weighted by molar-refractivity contribution is 6.32. The highest BCUT2D eigenvalue weighted by atomic mass is 35.5. The zero-order valence-electron chi connectivity index (χ0n) is 8.17. The molecule has 0 aliphatic carbocycles. The van der Waals surface area contributed by atoms with E-state index in [1.165, 1.54) is 18.2 Å². The van der Waals surface area contributed by atoms with Gasteiger partial charge in [0.2, 0.25) is 0 Å². The Kier molecular flexibility index (Phi) is 4.39. The number of hydrogen-bond donors (Lipinski definition) is 1. The van der Waals surface area contributed by atoms with Crippen LogP contribution in [0.3, 0.4) is 0 Å². The standard InChI is InChI=1S/C10H8ClN3O2/c11-9-4-3-8(10(15)16)6-7(9)2-1-5-13-14-12/h1-4,6H,5H2,(H,15,16). The second kappa shape index (κ2) is 5.80. The maximum Gasteiger partial charge on any atom is 0.335 e. The lowest BCUT2D eigenvalue weighted by Crippen LogP contribution is -1.96. The first-order chi connectivity index (χ1) is 7.65. The number of carbonyl (C=O) groups is 1. The summed E-state index contributed by atoms with van der Waals surface area (Å²) in [6, 6.07) is 4.39. The monoisotopic (exact) mass is 237 g/mol. The van der Waals surface area contributed by atoms with Crippen LogP contribution in [0.2, 0.25) is 5.02 Å². The molecule has 5 nitrogen and oxygen atoms in total. The molecule has 0 aliphatic heterocycles. The first-order valence-electron chi connectivity index (χ1n) is 4.35. The fourth-order valence-electron chi connectivity index (χ4n) is 1.07. The molecule has 1 rings (SSSR count). The second-order valence-electron chi connectivity index (χ2n) is 2.86. The van der Waals surface area contributed by atoms with Crippen molar-refractivity contribution in [3.63, 3.8) is 0 Å². The number of carboxylic acids is 1. The average molecular weight is 238 g/mol. The van der Waals surface area contributed by atoms with Crippen molar-refractivity contribution in [1.82, 2.24) is 0 Å². The Labute approximate surface area is 96.6 Å². The lowest BCUT2D eigenvalue weighted by atomic mass is 10.1. The SMILES string of the molecule is [N-]=[N+]=NCC=Cc1cc(C(=O)O)ccc1Cl. The summed E-state index contributed by atoms with van der Waals surface area (Å²) in [7, 11) is 0. The quantitative estimate of drug-likeness (QED) is 0.494. The van der Waals surface area contributed by atoms with Gasteiger partial charge in [-0.1, -0.05) is 28.9 Å². The molecule has 0 radical (unpaired) electrons. The first kappa shape index (κ1) is 12.1. The fraction of sp³-hybridized carbons (Fsp3) is 0.100. The van der Waals surface area contributed by atoms with Crippen molar-refractivity contribution in [2.24, 2.45) is 5.11 Å². The van der Waals surface area contributed by atoms with E-state index >= 15 is 0 Å². The molecule has 0 saturated heterocycles. The second-order valence-corrected chi connectivity index (χ2v) is 3.26. The minimum atomic E-state index is -1.01. The van der Waals surface area contributed by atoms with Crippen LogP contribution < -0.4 is 0 Å². The number of benzene rings is 1. The van der Waals surface area contributed by atoms with Crippen LogP contribution >= 0.6 is 11.6 Å². The smallest absolute Gasteiger partial charge is 0.335 e. The van der Waals surface area contributed by atoms with E-state index in [9.17, 15) is 4.79 Å². The van der Waals surface area contributed by atoms with Gasteiger partial charge < -0.3 is 5.11 Å². The third kappa shape index (κ3) is 3.31. The van der Waals surface area contributed by atoms with Crippen LogP contribution in [-0.2, 0) is 0 Å². The number of carboxylic acid groups (broad SMARTS) is 1. The van der Waals surface area contributed by atoms with E-state index < -0.39 is 5.97 Å². The Morgan fingerprint density at radius 3 is 3.00 bits per heavy atom. The van der Waals surface area contributed by atoms with Gasteiger partial charge in [0, 0.05) is 16.5 Å². The average Bonchev–Trinajstić information content (AvgIpc) is 2.26. The molecule has 6 heteroatoms. The number of nitrogens with zero attached hydrogens (tertiary/aromatic N) is 3. The molecule has 0 spiro atoms. The molecule has 0 heterocycles. The minimum absolute atomic E-state index is 0.160. The summed E-state index contributed by atoms with van der Waals surface area (Å²) in [5, 5.41) is 12.5. The predicted molar refractivity (Wildman–Crippen MR) is 61.5 cm³/mol. The van der Waals surface area contributed by atoms with Crippen LogP contribution in [0.1, 0.15) is 15.9 Å². The molecule has 82 valence electrons. The van der Waals surface area contributed by atoms with Gasteiger partial charge in [-0.2, -0.15) is 0 Å². The number of halogens is 1. The van der Waals surface area contributed by atoms with Gasteiger partial charge in [-0.15, -0.1) is 0 Å². The zero-order chi connectivity index (χ0) is 12.0. The van der Waals surface area contributed by atoms with E-state index in [0.717, 1.165) is 0 Å². The molecule has 0 saturated carbocycles. The van der Waals surface area contributed by atoms with E-state index in [4.69, 9.17) is 22.2 Å². The van der Waals surface area contributed by atoms with Crippen molar-refractivity contribution in [3.05, 3.63) is 50.9 Å². The lowest BCUT2D eigenvalue weighted by Gasteiger charge is -2.00. The molecule has 1 aromatic carbocycles. The molecule has 0 aliphatic rings. The van der Waals surface area contributed by atoms with Gasteiger partial charge in [0.1, 0.15) is 0 Å². The maximum atomic E-state index is 10.7. The van der Waals surface area contributed by atoms with E-state index in [2.05, 4.69) is 10.0 Å². The summed E-state index contributed by atoms with van der Waals surface area (Å²) in [5.74, 6) is -1.01. The molecule has 0 atom stereocenters. The van der Waals surface area contributed by atoms with E-state index in [1.54, 1.807) is 12.2 Å². The summed E-state index contributed by atoms with van der Waals surface area (Å²) >= 11 is 5.87. The molecule has 0 aromatic heterocycles. The van der Waals surface area contributed by atoms with Gasteiger partial charge in [-0.05, 0) is 29.3 Å². The Balaban J connectivity index is 2.94. The zero-order valence-corrected chi connectivity index (χ0v) is 8.92. The van der Waals surface area contributed by atoms with Crippen LogP contribution in [0.25, 0.3) is 16.5 Å². The van der Waals surface area contributed by atoms with Crippen molar-refractivity contribution in [1.29, 1.82) is 0 Å². The van der Waals surface area contributed by atoms with Crippen molar-refractivity contribution >= 4 is 23.6 Å². The van der Waals surface area contributed by atoms with E-state index in [-0.39, 0.29) is 12.1 Å². The Hall–Kier alpha value is -1.97. The number of hydrogen-bond acceptors (Lipinski definition) is 2. The largest absolute Gasteiger partial charge is 0.478 e. The third-order valence-electron chi connectivity index (χ3n) is 1.79. The molecular formula is C10H8ClN3O2. The summed E-state index contributed by atoms with van der Waals surface area (Å²) in [5.41, 5.74) is 8.79. The summed E-state index contributed by atoms with van der Waals surface area (Å²) < 4.78 is 0. The predicted octanol–water partition coefficient (Wildman–Crippen LogP) is 3.36. The Morgan fingerprint density at radius 2 is 2.38 bits per heavy atom. The van der Waals surface area contributed by atoms with Gasteiger partial charge in [-0.3, -0.25) is 0 Å². The van der Waals surface area contributed by atoms with Crippen LogP contribution in [-0.4, -0.2) is 17.6 Å². The minimum Gasteiger partial charge on any atom is -0.478 e. The molecule has 0 bridgehead atoms. The molecular weight excluding hydrogens is 230 g/mol. The molecule has 0 fully saturated rings. The van der Waals surface area contributed by atoms with Crippen LogP contribution in [0.15, 0.2) is 29.4 Å². The van der Waals surface area contributed by atoms with Crippen LogP contribution in [0, 0.1) is 0 Å². The van der Waals surface area contributed by atoms with Gasteiger partial charge >= 0.3 is 5.97 Å². The van der Waals surface area contributed by atoms with Crippen molar-refractivity contribution in [2.45, 2.75) is 0 Å². The lowest BCUT2D eigenvalue weighted by molar-refractivity contribution is 0.0697. The molecule has 0 unspecified atom stereocenters. The van der Waals surface area contributed by atoms with Crippen molar-refractivity contribution in [3.8, 4) is 0 Å². The summed E-state index contributed by atoms with van der Waals surface area (Å²) in [4.78, 5) is 13.3. The van der Waals surface area contributed by atoms with Crippen molar-refractivity contribution in [2.75, 3.05) is 6.54 Å². The number of rotatable bonds is 4. The first-order valence-corrected chi connectivity index (χ1v) is 4.73. The fourth-order valence-corrected chi connectivity index (χ4v) is 1.25. The van der Waals surface area contributed by atoms with Crippen molar-refractivity contribution < 1.29 is 9.90 Å². The molecule has 1 N–H and O–H groups in total. The number of aromatic carboxylic acids is 1. The normalized spacial score (nSPS) is 10.1. The Bertz CT molecular complexity index is 479. The van der Waals surface area contributed by atoms with Crippen LogP contribution in [0.4, 0.5) is 0 Å². The van der Waals surface area contributed by atoms with Gasteiger partial charge in [0.25, 0.3) is 0 Å². The van der Waals surface area contributed by atoms with Crippen LogP contribution in [0.5, 0.6) is 0 Å². The molecule has 16 heavy (non-hydrogen) atoms. The Morgan fingerprint density at radius 1 is 1.62 bits per heavy atom. The highest BCUT2D eigenvalue weighted by Crippen LogP contribution is 2.19. The van der Waals surface area contributed by atoms with Gasteiger partial charge in [-0.25, -0.2) is 4.79 Å². The van der Waals surface area contributed by atoms with Gasteiger partial charge in [0.05, 0.1) is 5.56 Å². The highest BCUT2D eigenvalue weighted by Gasteiger charge is 2.04. The summed E-state index contributed by atoms with van der Waals surface area (Å²) in [6.07, 6.45) is 3.22. The van der Waals surface area contributed by atoms with E-state index in [1.807, 2.05) is 0 Å². The maximum absolute atomic E-state index is 10.7. The number of azide groups is 1. The molecule has 1 aromatic rings.